The van der Waals surface area contributed by atoms with Gasteiger partial charge in [-0.2, -0.15) is 0 Å². The van der Waals surface area contributed by atoms with Crippen LogP contribution in [0.4, 0.5) is 8.78 Å². The number of nitrogens with two attached hydrogens (primary N) is 1. The topological polar surface area (TPSA) is 26.0 Å². The molecule has 1 aromatic carbocycles. The molecule has 2 unspecified atom stereocenters. The Hall–Kier alpha value is -0.480. The van der Waals surface area contributed by atoms with Gasteiger partial charge in [0, 0.05) is 5.56 Å². The molecule has 0 aromatic heterocycles. The molecule has 1 aliphatic rings. The van der Waals surface area contributed by atoms with Crippen LogP contribution in [0.2, 0.25) is 0 Å². The van der Waals surface area contributed by atoms with Crippen LogP contribution in [0.25, 0.3) is 0 Å². The van der Waals surface area contributed by atoms with Gasteiger partial charge in [0.1, 0.15) is 11.6 Å². The summed E-state index contributed by atoms with van der Waals surface area (Å²) in [6.45, 7) is 6.29. The SMILES string of the molecule is CC(C)(C)C1CCCCC1(N)c1c(F)ccc(Br)c1F. The molecule has 1 nitrogen and oxygen atoms in total. The largest absolute Gasteiger partial charge is 0.321 e. The van der Waals surface area contributed by atoms with E-state index in [1.165, 1.54) is 12.1 Å². The smallest absolute Gasteiger partial charge is 0.145 e. The molecule has 1 aliphatic carbocycles. The van der Waals surface area contributed by atoms with Crippen molar-refractivity contribution in [3.8, 4) is 0 Å². The molecule has 4 heteroatoms. The second-order valence-corrected chi connectivity index (χ2v) is 7.78. The summed E-state index contributed by atoms with van der Waals surface area (Å²) in [4.78, 5) is 0. The summed E-state index contributed by atoms with van der Waals surface area (Å²) < 4.78 is 29.0. The molecule has 0 spiro atoms. The van der Waals surface area contributed by atoms with Gasteiger partial charge in [0.05, 0.1) is 10.0 Å². The Balaban J connectivity index is 2.60. The zero-order chi connectivity index (χ0) is 15.1. The fraction of sp³-hybridized carbons (Fsp3) is 0.625. The highest BCUT2D eigenvalue weighted by Gasteiger charge is 2.47. The van der Waals surface area contributed by atoms with Crippen molar-refractivity contribution in [1.29, 1.82) is 0 Å². The van der Waals surface area contributed by atoms with Crippen LogP contribution in [0.5, 0.6) is 0 Å². The van der Waals surface area contributed by atoms with Crippen LogP contribution in [0, 0.1) is 23.0 Å². The van der Waals surface area contributed by atoms with Crippen LogP contribution in [-0.2, 0) is 5.54 Å². The van der Waals surface area contributed by atoms with Crippen molar-refractivity contribution in [3.63, 3.8) is 0 Å². The molecule has 0 aliphatic heterocycles. The number of rotatable bonds is 1. The van der Waals surface area contributed by atoms with Gasteiger partial charge >= 0.3 is 0 Å². The van der Waals surface area contributed by atoms with Crippen LogP contribution < -0.4 is 5.73 Å². The van der Waals surface area contributed by atoms with Crippen molar-refractivity contribution in [2.45, 2.75) is 52.0 Å². The summed E-state index contributed by atoms with van der Waals surface area (Å²) in [6, 6.07) is 2.69. The molecule has 0 bridgehead atoms. The Kier molecular flexibility index (Phi) is 4.27. The predicted octanol–water partition coefficient (Wildman–Crippen LogP) is 5.12. The summed E-state index contributed by atoms with van der Waals surface area (Å²) >= 11 is 3.14. The average Bonchev–Trinajstić information content (AvgIpc) is 2.33. The average molecular weight is 346 g/mol. The maximum Gasteiger partial charge on any atom is 0.145 e. The van der Waals surface area contributed by atoms with E-state index in [4.69, 9.17) is 5.73 Å². The summed E-state index contributed by atoms with van der Waals surface area (Å²) in [7, 11) is 0. The Morgan fingerprint density at radius 2 is 1.90 bits per heavy atom. The van der Waals surface area contributed by atoms with Gasteiger partial charge in [-0.1, -0.05) is 33.6 Å². The normalized spacial score (nSPS) is 27.6. The van der Waals surface area contributed by atoms with Crippen LogP contribution in [0.3, 0.4) is 0 Å². The molecular weight excluding hydrogens is 324 g/mol. The third-order valence-corrected chi connectivity index (χ3v) is 5.12. The lowest BCUT2D eigenvalue weighted by atomic mass is 9.60. The summed E-state index contributed by atoms with van der Waals surface area (Å²) in [5.74, 6) is -1.03. The summed E-state index contributed by atoms with van der Waals surface area (Å²) in [6.07, 6.45) is 3.51. The first-order valence-corrected chi connectivity index (χ1v) is 7.90. The van der Waals surface area contributed by atoms with Crippen molar-refractivity contribution < 1.29 is 8.78 Å². The molecule has 0 radical (unpaired) electrons. The standard InChI is InChI=1S/C16H22BrF2N/c1-15(2,3)12-6-4-5-9-16(12,20)13-11(18)8-7-10(17)14(13)19/h7-8,12H,4-6,9,20H2,1-3H3. The first-order valence-electron chi connectivity index (χ1n) is 7.11. The number of halogens is 3. The van der Waals surface area contributed by atoms with Gasteiger partial charge in [-0.25, -0.2) is 8.78 Å². The van der Waals surface area contributed by atoms with Crippen LogP contribution in [-0.4, -0.2) is 0 Å². The van der Waals surface area contributed by atoms with Gasteiger partial charge < -0.3 is 5.73 Å². The van der Waals surface area contributed by atoms with E-state index in [1.54, 1.807) is 0 Å². The van der Waals surface area contributed by atoms with E-state index in [9.17, 15) is 8.78 Å². The first-order chi connectivity index (χ1) is 9.18. The Bertz CT molecular complexity index is 510. The second kappa shape index (κ2) is 5.38. The van der Waals surface area contributed by atoms with Crippen molar-refractivity contribution in [2.75, 3.05) is 0 Å². The quantitative estimate of drug-likeness (QED) is 0.702. The molecule has 0 saturated heterocycles. The van der Waals surface area contributed by atoms with Gasteiger partial charge in [-0.3, -0.25) is 0 Å². The molecular formula is C16H22BrF2N. The molecule has 1 saturated carbocycles. The molecule has 1 aromatic rings. The minimum absolute atomic E-state index is 0.0477. The van der Waals surface area contributed by atoms with E-state index >= 15 is 0 Å². The van der Waals surface area contributed by atoms with Crippen molar-refractivity contribution in [2.24, 2.45) is 17.1 Å². The monoisotopic (exact) mass is 345 g/mol. The zero-order valence-electron chi connectivity index (χ0n) is 12.3. The summed E-state index contributed by atoms with van der Waals surface area (Å²) in [5, 5.41) is 0. The highest BCUT2D eigenvalue weighted by atomic mass is 79.9. The molecule has 0 amide bonds. The molecule has 1 fully saturated rings. The molecule has 2 atom stereocenters. The van der Waals surface area contributed by atoms with E-state index in [2.05, 4.69) is 36.7 Å². The van der Waals surface area contributed by atoms with Crippen LogP contribution >= 0.6 is 15.9 Å². The lowest BCUT2D eigenvalue weighted by molar-refractivity contribution is 0.0724. The van der Waals surface area contributed by atoms with E-state index in [0.29, 0.717) is 6.42 Å². The van der Waals surface area contributed by atoms with Crippen molar-refractivity contribution in [3.05, 3.63) is 33.8 Å². The minimum Gasteiger partial charge on any atom is -0.321 e. The van der Waals surface area contributed by atoms with Gasteiger partial charge in [-0.05, 0) is 52.2 Å². The highest BCUT2D eigenvalue weighted by Crippen LogP contribution is 2.49. The Morgan fingerprint density at radius 1 is 1.25 bits per heavy atom. The van der Waals surface area contributed by atoms with Gasteiger partial charge in [-0.15, -0.1) is 0 Å². The fourth-order valence-corrected chi connectivity index (χ4v) is 3.99. The van der Waals surface area contributed by atoms with Gasteiger partial charge in [0.2, 0.25) is 0 Å². The van der Waals surface area contributed by atoms with E-state index in [0.717, 1.165) is 19.3 Å². The third kappa shape index (κ3) is 2.64. The van der Waals surface area contributed by atoms with E-state index < -0.39 is 17.2 Å². The van der Waals surface area contributed by atoms with Crippen LogP contribution in [0.1, 0.15) is 52.0 Å². The molecule has 2 N–H and O–H groups in total. The molecule has 20 heavy (non-hydrogen) atoms. The lowest BCUT2D eigenvalue weighted by Crippen LogP contribution is -2.52. The second-order valence-electron chi connectivity index (χ2n) is 6.92. The highest BCUT2D eigenvalue weighted by molar-refractivity contribution is 9.10. The van der Waals surface area contributed by atoms with Crippen molar-refractivity contribution in [1.82, 2.24) is 0 Å². The predicted molar refractivity (Wildman–Crippen MR) is 81.3 cm³/mol. The maximum atomic E-state index is 14.5. The molecule has 2 rings (SSSR count). The Labute approximate surface area is 128 Å². The first kappa shape index (κ1) is 15.9. The van der Waals surface area contributed by atoms with Gasteiger partial charge in [0.25, 0.3) is 0 Å². The maximum absolute atomic E-state index is 14.5. The Morgan fingerprint density at radius 3 is 2.50 bits per heavy atom. The molecule has 112 valence electrons. The minimum atomic E-state index is -0.936. The van der Waals surface area contributed by atoms with Crippen LogP contribution in [0.15, 0.2) is 16.6 Å². The summed E-state index contributed by atoms with van der Waals surface area (Å²) in [5.41, 5.74) is 5.61. The van der Waals surface area contributed by atoms with E-state index in [1.807, 2.05) is 0 Å². The lowest BCUT2D eigenvalue weighted by Gasteiger charge is -2.48. The number of hydrogen-bond acceptors (Lipinski definition) is 1. The zero-order valence-corrected chi connectivity index (χ0v) is 13.9. The van der Waals surface area contributed by atoms with Crippen molar-refractivity contribution >= 4 is 15.9 Å². The third-order valence-electron chi connectivity index (χ3n) is 4.51. The number of benzene rings is 1. The van der Waals surface area contributed by atoms with E-state index in [-0.39, 0.29) is 21.4 Å². The number of hydrogen-bond donors (Lipinski definition) is 1. The fourth-order valence-electron chi connectivity index (χ4n) is 3.66. The van der Waals surface area contributed by atoms with Gasteiger partial charge in [0.15, 0.2) is 0 Å². The molecule has 0 heterocycles.